The van der Waals surface area contributed by atoms with Gasteiger partial charge in [-0.05, 0) is 12.5 Å². The van der Waals surface area contributed by atoms with Crippen LogP contribution in [0, 0.1) is 5.92 Å². The lowest BCUT2D eigenvalue weighted by Gasteiger charge is -2.18. The summed E-state index contributed by atoms with van der Waals surface area (Å²) in [6.07, 6.45) is 0. The molecule has 3 nitrogen and oxygen atoms in total. The second-order valence-electron chi connectivity index (χ2n) is 2.80. The highest BCUT2D eigenvalue weighted by Gasteiger charge is 2.20. The molecule has 1 unspecified atom stereocenters. The van der Waals surface area contributed by atoms with Crippen LogP contribution >= 0.6 is 0 Å². The summed E-state index contributed by atoms with van der Waals surface area (Å²) in [5.41, 5.74) is 0. The minimum absolute atomic E-state index is 0.162. The first-order chi connectivity index (χ1) is 5.13. The van der Waals surface area contributed by atoms with Gasteiger partial charge in [0.05, 0.1) is 7.11 Å². The highest BCUT2D eigenvalue weighted by atomic mass is 16.5. The Kier molecular flexibility index (Phi) is 4.86. The van der Waals surface area contributed by atoms with Crippen molar-refractivity contribution < 1.29 is 9.53 Å². The molecule has 0 saturated heterocycles. The zero-order valence-electron chi connectivity index (χ0n) is 7.68. The summed E-state index contributed by atoms with van der Waals surface area (Å²) in [5.74, 6) is 0.101. The third-order valence-electron chi connectivity index (χ3n) is 1.55. The second-order valence-corrected chi connectivity index (χ2v) is 2.80. The molecule has 0 amide bonds. The highest BCUT2D eigenvalue weighted by molar-refractivity contribution is 5.75. The van der Waals surface area contributed by atoms with Crippen LogP contribution in [0.1, 0.15) is 20.8 Å². The molecule has 0 aliphatic carbocycles. The van der Waals surface area contributed by atoms with E-state index in [9.17, 15) is 4.79 Å². The van der Waals surface area contributed by atoms with Gasteiger partial charge in [-0.2, -0.15) is 0 Å². The molecule has 0 rings (SSSR count). The Morgan fingerprint density at radius 3 is 2.36 bits per heavy atom. The zero-order valence-corrected chi connectivity index (χ0v) is 7.68. The molecule has 66 valence electrons. The monoisotopic (exact) mass is 159 g/mol. The van der Waals surface area contributed by atoms with Crippen molar-refractivity contribution in [1.82, 2.24) is 5.32 Å². The van der Waals surface area contributed by atoms with Crippen LogP contribution in [-0.4, -0.2) is 25.7 Å². The van der Waals surface area contributed by atoms with E-state index < -0.39 is 0 Å². The fourth-order valence-electron chi connectivity index (χ4n) is 0.938. The molecule has 1 atom stereocenters. The smallest absolute Gasteiger partial charge is 0.323 e. The molecule has 0 fully saturated rings. The van der Waals surface area contributed by atoms with E-state index in [0.29, 0.717) is 0 Å². The van der Waals surface area contributed by atoms with Gasteiger partial charge in [-0.1, -0.05) is 20.8 Å². The number of methoxy groups -OCH3 is 1. The topological polar surface area (TPSA) is 38.3 Å². The van der Waals surface area contributed by atoms with E-state index in [0.717, 1.165) is 6.54 Å². The molecule has 0 spiro atoms. The number of nitrogens with one attached hydrogen (secondary N) is 1. The van der Waals surface area contributed by atoms with Crippen LogP contribution in [0.3, 0.4) is 0 Å². The van der Waals surface area contributed by atoms with Crippen LogP contribution in [0.25, 0.3) is 0 Å². The number of carbonyl (C=O) groups excluding carboxylic acids is 1. The largest absolute Gasteiger partial charge is 0.468 e. The van der Waals surface area contributed by atoms with Gasteiger partial charge in [0.25, 0.3) is 0 Å². The quantitative estimate of drug-likeness (QED) is 0.616. The van der Waals surface area contributed by atoms with Crippen molar-refractivity contribution in [3.05, 3.63) is 0 Å². The number of ether oxygens (including phenoxy) is 1. The Hall–Kier alpha value is -0.570. The van der Waals surface area contributed by atoms with Crippen molar-refractivity contribution in [2.45, 2.75) is 26.8 Å². The molecular formula is C8H17NO2. The average Bonchev–Trinajstić information content (AvgIpc) is 1.98. The van der Waals surface area contributed by atoms with Gasteiger partial charge in [0.2, 0.25) is 0 Å². The van der Waals surface area contributed by atoms with E-state index in [4.69, 9.17) is 0 Å². The molecule has 0 aromatic carbocycles. The Bertz CT molecular complexity index is 123. The van der Waals surface area contributed by atoms with Crippen LogP contribution in [0.4, 0.5) is 0 Å². The molecule has 0 aromatic heterocycles. The van der Waals surface area contributed by atoms with Crippen LogP contribution in [-0.2, 0) is 9.53 Å². The Morgan fingerprint density at radius 2 is 2.09 bits per heavy atom. The molecule has 0 radical (unpaired) electrons. The molecule has 0 saturated carbocycles. The third-order valence-corrected chi connectivity index (χ3v) is 1.55. The van der Waals surface area contributed by atoms with E-state index in [-0.39, 0.29) is 17.9 Å². The lowest BCUT2D eigenvalue weighted by molar-refractivity contribution is -0.144. The number of rotatable bonds is 4. The van der Waals surface area contributed by atoms with E-state index in [1.54, 1.807) is 0 Å². The van der Waals surface area contributed by atoms with E-state index in [1.165, 1.54) is 7.11 Å². The summed E-state index contributed by atoms with van der Waals surface area (Å²) < 4.78 is 4.62. The van der Waals surface area contributed by atoms with Crippen molar-refractivity contribution in [2.75, 3.05) is 13.7 Å². The van der Waals surface area contributed by atoms with Gasteiger partial charge in [-0.15, -0.1) is 0 Å². The lowest BCUT2D eigenvalue weighted by Crippen LogP contribution is -2.41. The Morgan fingerprint density at radius 1 is 1.55 bits per heavy atom. The summed E-state index contributed by atoms with van der Waals surface area (Å²) in [5, 5.41) is 3.06. The number of likely N-dealkylation sites (N-methyl/N-ethyl adjacent to an activating group) is 1. The van der Waals surface area contributed by atoms with Gasteiger partial charge in [0, 0.05) is 0 Å². The average molecular weight is 159 g/mol. The van der Waals surface area contributed by atoms with Crippen molar-refractivity contribution in [3.8, 4) is 0 Å². The zero-order chi connectivity index (χ0) is 8.85. The third kappa shape index (κ3) is 3.37. The predicted octanol–water partition coefficient (Wildman–Crippen LogP) is 0.793. The van der Waals surface area contributed by atoms with Gasteiger partial charge in [0.1, 0.15) is 6.04 Å². The maximum absolute atomic E-state index is 11.1. The fraction of sp³-hybridized carbons (Fsp3) is 0.875. The number of hydrogen-bond donors (Lipinski definition) is 1. The van der Waals surface area contributed by atoms with Crippen molar-refractivity contribution in [1.29, 1.82) is 0 Å². The standard InChI is InChI=1S/C8H17NO2/c1-5-9-7(6(2)3)8(10)11-4/h6-7,9H,5H2,1-4H3. The molecular weight excluding hydrogens is 142 g/mol. The van der Waals surface area contributed by atoms with Crippen molar-refractivity contribution >= 4 is 5.97 Å². The van der Waals surface area contributed by atoms with Crippen LogP contribution in [0.2, 0.25) is 0 Å². The van der Waals surface area contributed by atoms with Crippen molar-refractivity contribution in [3.63, 3.8) is 0 Å². The minimum atomic E-state index is -0.179. The first-order valence-corrected chi connectivity index (χ1v) is 3.94. The Balaban J connectivity index is 3.98. The van der Waals surface area contributed by atoms with Crippen molar-refractivity contribution in [2.24, 2.45) is 5.92 Å². The highest BCUT2D eigenvalue weighted by Crippen LogP contribution is 2.02. The molecule has 1 N–H and O–H groups in total. The molecule has 0 heterocycles. The maximum Gasteiger partial charge on any atom is 0.323 e. The first kappa shape index (κ1) is 10.4. The summed E-state index contributed by atoms with van der Waals surface area (Å²) in [7, 11) is 1.41. The van der Waals surface area contributed by atoms with E-state index in [1.807, 2.05) is 20.8 Å². The Labute approximate surface area is 68.1 Å². The van der Waals surface area contributed by atoms with Gasteiger partial charge in [0.15, 0.2) is 0 Å². The number of hydrogen-bond acceptors (Lipinski definition) is 3. The van der Waals surface area contributed by atoms with Crippen LogP contribution in [0.15, 0.2) is 0 Å². The fourth-order valence-corrected chi connectivity index (χ4v) is 0.938. The van der Waals surface area contributed by atoms with E-state index in [2.05, 4.69) is 10.1 Å². The minimum Gasteiger partial charge on any atom is -0.468 e. The molecule has 11 heavy (non-hydrogen) atoms. The summed E-state index contributed by atoms with van der Waals surface area (Å²) >= 11 is 0. The summed E-state index contributed by atoms with van der Waals surface area (Å²) in [6.45, 7) is 6.74. The summed E-state index contributed by atoms with van der Waals surface area (Å²) in [6, 6.07) is -0.162. The molecule has 0 bridgehead atoms. The molecule has 0 aliphatic rings. The SMILES string of the molecule is CCNC(C(=O)OC)C(C)C. The van der Waals surface area contributed by atoms with Crippen LogP contribution in [0.5, 0.6) is 0 Å². The van der Waals surface area contributed by atoms with Gasteiger partial charge in [-0.25, -0.2) is 0 Å². The van der Waals surface area contributed by atoms with E-state index >= 15 is 0 Å². The van der Waals surface area contributed by atoms with Gasteiger partial charge >= 0.3 is 5.97 Å². The number of esters is 1. The maximum atomic E-state index is 11.1. The normalized spacial score (nSPS) is 13.2. The predicted molar refractivity (Wildman–Crippen MR) is 44.3 cm³/mol. The van der Waals surface area contributed by atoms with Crippen LogP contribution < -0.4 is 5.32 Å². The number of carbonyl (C=O) groups is 1. The first-order valence-electron chi connectivity index (χ1n) is 3.94. The molecule has 0 aliphatic heterocycles. The second kappa shape index (κ2) is 5.13. The van der Waals surface area contributed by atoms with Gasteiger partial charge in [-0.3, -0.25) is 4.79 Å². The lowest BCUT2D eigenvalue weighted by atomic mass is 10.1. The molecule has 0 aromatic rings. The van der Waals surface area contributed by atoms with Gasteiger partial charge < -0.3 is 10.1 Å². The molecule has 3 heteroatoms. The summed E-state index contributed by atoms with van der Waals surface area (Å²) in [4.78, 5) is 11.1.